The molecule has 1 aliphatic rings. The van der Waals surface area contributed by atoms with Crippen LogP contribution in [0.4, 0.5) is 5.69 Å². The molecule has 1 N–H and O–H groups in total. The smallest absolute Gasteiger partial charge is 0.272 e. The van der Waals surface area contributed by atoms with Gasteiger partial charge in [-0.1, -0.05) is 18.2 Å². The minimum atomic E-state index is 0.00339. The SMILES string of the molecule is Cc1nccc(C(=O)N2CCC(Nc3ccccc3)CC2)n1. The number of para-hydroxylation sites is 1. The number of benzene rings is 1. The first-order valence-corrected chi connectivity index (χ1v) is 7.63. The predicted octanol–water partition coefficient (Wildman–Crippen LogP) is 2.50. The lowest BCUT2D eigenvalue weighted by atomic mass is 10.0. The topological polar surface area (TPSA) is 58.1 Å². The summed E-state index contributed by atoms with van der Waals surface area (Å²) in [4.78, 5) is 22.6. The van der Waals surface area contributed by atoms with Crippen LogP contribution < -0.4 is 5.32 Å². The number of aryl methyl sites for hydroxylation is 1. The molecular weight excluding hydrogens is 276 g/mol. The van der Waals surface area contributed by atoms with E-state index in [2.05, 4.69) is 27.4 Å². The second kappa shape index (κ2) is 6.56. The zero-order valence-corrected chi connectivity index (χ0v) is 12.7. The summed E-state index contributed by atoms with van der Waals surface area (Å²) >= 11 is 0. The van der Waals surface area contributed by atoms with Gasteiger partial charge in [-0.05, 0) is 38.0 Å². The fourth-order valence-corrected chi connectivity index (χ4v) is 2.73. The summed E-state index contributed by atoms with van der Waals surface area (Å²) in [6, 6.07) is 12.3. The van der Waals surface area contributed by atoms with Crippen LogP contribution >= 0.6 is 0 Å². The molecule has 1 saturated heterocycles. The molecule has 22 heavy (non-hydrogen) atoms. The van der Waals surface area contributed by atoms with Crippen LogP contribution in [0.3, 0.4) is 0 Å². The Labute approximate surface area is 130 Å². The van der Waals surface area contributed by atoms with E-state index >= 15 is 0 Å². The highest BCUT2D eigenvalue weighted by Crippen LogP contribution is 2.17. The number of likely N-dealkylation sites (tertiary alicyclic amines) is 1. The van der Waals surface area contributed by atoms with Crippen LogP contribution in [0.15, 0.2) is 42.6 Å². The van der Waals surface area contributed by atoms with Gasteiger partial charge in [0.15, 0.2) is 0 Å². The molecule has 0 atom stereocenters. The third kappa shape index (κ3) is 3.42. The van der Waals surface area contributed by atoms with Crippen molar-refractivity contribution >= 4 is 11.6 Å². The molecule has 0 spiro atoms. The van der Waals surface area contributed by atoms with Crippen LogP contribution in [0.2, 0.25) is 0 Å². The molecule has 114 valence electrons. The molecule has 0 aliphatic carbocycles. The van der Waals surface area contributed by atoms with Gasteiger partial charge in [0.05, 0.1) is 0 Å². The van der Waals surface area contributed by atoms with Crippen molar-refractivity contribution in [2.75, 3.05) is 18.4 Å². The van der Waals surface area contributed by atoms with Crippen LogP contribution in [-0.2, 0) is 0 Å². The molecule has 1 aromatic heterocycles. The van der Waals surface area contributed by atoms with E-state index in [4.69, 9.17) is 0 Å². The van der Waals surface area contributed by atoms with Crippen LogP contribution in [0.5, 0.6) is 0 Å². The number of rotatable bonds is 3. The molecule has 0 saturated carbocycles. The molecule has 5 heteroatoms. The minimum Gasteiger partial charge on any atom is -0.382 e. The highest BCUT2D eigenvalue weighted by Gasteiger charge is 2.24. The summed E-state index contributed by atoms with van der Waals surface area (Å²) < 4.78 is 0. The van der Waals surface area contributed by atoms with E-state index in [1.54, 1.807) is 19.2 Å². The third-order valence-electron chi connectivity index (χ3n) is 3.92. The first-order chi connectivity index (χ1) is 10.7. The molecule has 0 bridgehead atoms. The molecule has 2 heterocycles. The molecule has 1 aliphatic heterocycles. The predicted molar refractivity (Wildman–Crippen MR) is 85.8 cm³/mol. The number of amides is 1. The molecule has 1 amide bonds. The van der Waals surface area contributed by atoms with Crippen molar-refractivity contribution in [1.82, 2.24) is 14.9 Å². The zero-order chi connectivity index (χ0) is 15.4. The molecule has 2 aromatic rings. The number of hydrogen-bond acceptors (Lipinski definition) is 4. The number of hydrogen-bond donors (Lipinski definition) is 1. The monoisotopic (exact) mass is 296 g/mol. The number of anilines is 1. The molecule has 0 unspecified atom stereocenters. The average molecular weight is 296 g/mol. The van der Waals surface area contributed by atoms with Gasteiger partial charge in [0.25, 0.3) is 5.91 Å². The fourth-order valence-electron chi connectivity index (χ4n) is 2.73. The summed E-state index contributed by atoms with van der Waals surface area (Å²) in [7, 11) is 0. The van der Waals surface area contributed by atoms with Gasteiger partial charge in [0, 0.05) is 31.0 Å². The quantitative estimate of drug-likeness (QED) is 0.945. The largest absolute Gasteiger partial charge is 0.382 e. The lowest BCUT2D eigenvalue weighted by Gasteiger charge is -2.32. The lowest BCUT2D eigenvalue weighted by molar-refractivity contribution is 0.0712. The summed E-state index contributed by atoms with van der Waals surface area (Å²) in [6.07, 6.45) is 3.54. The van der Waals surface area contributed by atoms with E-state index in [0.717, 1.165) is 31.6 Å². The highest BCUT2D eigenvalue weighted by atomic mass is 16.2. The Morgan fingerprint density at radius 3 is 2.59 bits per heavy atom. The Morgan fingerprint density at radius 2 is 1.91 bits per heavy atom. The van der Waals surface area contributed by atoms with Gasteiger partial charge in [-0.25, -0.2) is 9.97 Å². The van der Waals surface area contributed by atoms with Gasteiger partial charge < -0.3 is 10.2 Å². The first-order valence-electron chi connectivity index (χ1n) is 7.63. The second-order valence-corrected chi connectivity index (χ2v) is 5.57. The van der Waals surface area contributed by atoms with Crippen molar-refractivity contribution in [2.24, 2.45) is 0 Å². The normalized spacial score (nSPS) is 15.6. The molecular formula is C17H20N4O. The molecule has 5 nitrogen and oxygen atoms in total. The Kier molecular flexibility index (Phi) is 4.32. The number of aromatic nitrogens is 2. The van der Waals surface area contributed by atoms with Gasteiger partial charge in [-0.15, -0.1) is 0 Å². The maximum atomic E-state index is 12.4. The van der Waals surface area contributed by atoms with Crippen molar-refractivity contribution in [3.05, 3.63) is 54.1 Å². The number of nitrogens with one attached hydrogen (secondary N) is 1. The zero-order valence-electron chi connectivity index (χ0n) is 12.7. The van der Waals surface area contributed by atoms with Crippen molar-refractivity contribution in [3.63, 3.8) is 0 Å². The van der Waals surface area contributed by atoms with E-state index in [1.807, 2.05) is 23.1 Å². The van der Waals surface area contributed by atoms with Crippen LogP contribution in [0, 0.1) is 6.92 Å². The summed E-state index contributed by atoms with van der Waals surface area (Å²) in [5.74, 6) is 0.634. The Morgan fingerprint density at radius 1 is 1.18 bits per heavy atom. The van der Waals surface area contributed by atoms with E-state index < -0.39 is 0 Å². The van der Waals surface area contributed by atoms with Crippen molar-refractivity contribution < 1.29 is 4.79 Å². The molecule has 1 fully saturated rings. The summed E-state index contributed by atoms with van der Waals surface area (Å²) in [6.45, 7) is 3.31. The van der Waals surface area contributed by atoms with Crippen molar-refractivity contribution in [1.29, 1.82) is 0 Å². The van der Waals surface area contributed by atoms with E-state index in [9.17, 15) is 4.79 Å². The fraction of sp³-hybridized carbons (Fsp3) is 0.353. The number of carbonyl (C=O) groups excluding carboxylic acids is 1. The first kappa shape index (κ1) is 14.5. The molecule has 0 radical (unpaired) electrons. The Balaban J connectivity index is 1.56. The lowest BCUT2D eigenvalue weighted by Crippen LogP contribution is -2.42. The van der Waals surface area contributed by atoms with Gasteiger partial charge >= 0.3 is 0 Å². The summed E-state index contributed by atoms with van der Waals surface area (Å²) in [5.41, 5.74) is 1.63. The van der Waals surface area contributed by atoms with Crippen LogP contribution in [-0.4, -0.2) is 39.9 Å². The number of carbonyl (C=O) groups is 1. The van der Waals surface area contributed by atoms with Gasteiger partial charge in [-0.2, -0.15) is 0 Å². The van der Waals surface area contributed by atoms with E-state index in [0.29, 0.717) is 17.6 Å². The minimum absolute atomic E-state index is 0.00339. The second-order valence-electron chi connectivity index (χ2n) is 5.57. The van der Waals surface area contributed by atoms with Crippen molar-refractivity contribution in [3.8, 4) is 0 Å². The standard InChI is InChI=1S/C17H20N4O/c1-13-18-10-7-16(19-13)17(22)21-11-8-15(9-12-21)20-14-5-3-2-4-6-14/h2-7,10,15,20H,8-9,11-12H2,1H3. The number of nitrogens with zero attached hydrogens (tertiary/aromatic N) is 3. The van der Waals surface area contributed by atoms with Crippen molar-refractivity contribution in [2.45, 2.75) is 25.8 Å². The average Bonchev–Trinajstić information content (AvgIpc) is 2.56. The molecule has 3 rings (SSSR count). The Bertz CT molecular complexity index is 636. The van der Waals surface area contributed by atoms with E-state index in [-0.39, 0.29) is 5.91 Å². The maximum Gasteiger partial charge on any atom is 0.272 e. The van der Waals surface area contributed by atoms with Gasteiger partial charge in [-0.3, -0.25) is 4.79 Å². The Hall–Kier alpha value is -2.43. The highest BCUT2D eigenvalue weighted by molar-refractivity contribution is 5.92. The number of piperidine rings is 1. The third-order valence-corrected chi connectivity index (χ3v) is 3.92. The van der Waals surface area contributed by atoms with Crippen LogP contribution in [0.25, 0.3) is 0 Å². The van der Waals surface area contributed by atoms with Crippen LogP contribution in [0.1, 0.15) is 29.2 Å². The summed E-state index contributed by atoms with van der Waals surface area (Å²) in [5, 5.41) is 3.53. The van der Waals surface area contributed by atoms with E-state index in [1.165, 1.54) is 0 Å². The van der Waals surface area contributed by atoms with Gasteiger partial charge in [0.2, 0.25) is 0 Å². The molecule has 1 aromatic carbocycles. The van der Waals surface area contributed by atoms with Gasteiger partial charge in [0.1, 0.15) is 11.5 Å². The maximum absolute atomic E-state index is 12.4.